The molecule has 2 aromatic carbocycles. The predicted molar refractivity (Wildman–Crippen MR) is 106 cm³/mol. The molecule has 4 aromatic rings. The van der Waals surface area contributed by atoms with Crippen LogP contribution in [0.3, 0.4) is 0 Å². The van der Waals surface area contributed by atoms with E-state index in [9.17, 15) is 0 Å². The van der Waals surface area contributed by atoms with E-state index in [-0.39, 0.29) is 0 Å². The fraction of sp³-hybridized carbons (Fsp3) is 0.100. The Hall–Kier alpha value is -3.94. The third-order valence-electron chi connectivity index (χ3n) is 4.25. The van der Waals surface area contributed by atoms with Gasteiger partial charge in [-0.1, -0.05) is 18.2 Å². The van der Waals surface area contributed by atoms with E-state index < -0.39 is 0 Å². The average Bonchev–Trinajstić information content (AvgIpc) is 2.74. The lowest BCUT2D eigenvalue weighted by atomic mass is 10.2. The molecular weight excluding hydrogens is 356 g/mol. The second kappa shape index (κ2) is 6.99. The number of hydrogen-bond donors (Lipinski definition) is 2. The van der Waals surface area contributed by atoms with Gasteiger partial charge in [-0.25, -0.2) is 0 Å². The molecule has 8 nitrogen and oxygen atoms in total. The molecule has 138 valence electrons. The van der Waals surface area contributed by atoms with E-state index in [0.717, 1.165) is 28.0 Å². The van der Waals surface area contributed by atoms with E-state index in [2.05, 4.69) is 30.8 Å². The van der Waals surface area contributed by atoms with Gasteiger partial charge in [0.05, 0.1) is 17.4 Å². The fourth-order valence-electron chi connectivity index (χ4n) is 3.01. The SMILES string of the molecule is c1cnc2c(Nc3cnnc(Nc4ccc5c(c4)OCCO5)n3)cccc2c1. The van der Waals surface area contributed by atoms with Crippen LogP contribution in [0.25, 0.3) is 10.9 Å². The fourth-order valence-corrected chi connectivity index (χ4v) is 3.01. The number of ether oxygens (including phenoxy) is 2. The largest absolute Gasteiger partial charge is 0.486 e. The van der Waals surface area contributed by atoms with E-state index >= 15 is 0 Å². The highest BCUT2D eigenvalue weighted by molar-refractivity contribution is 5.91. The molecule has 0 saturated heterocycles. The Morgan fingerprint density at radius 3 is 2.75 bits per heavy atom. The number of hydrogen-bond acceptors (Lipinski definition) is 8. The molecule has 28 heavy (non-hydrogen) atoms. The summed E-state index contributed by atoms with van der Waals surface area (Å²) in [6.45, 7) is 1.09. The lowest BCUT2D eigenvalue weighted by molar-refractivity contribution is 0.171. The number of nitrogens with one attached hydrogen (secondary N) is 2. The Kier molecular flexibility index (Phi) is 4.06. The van der Waals surface area contributed by atoms with E-state index in [0.29, 0.717) is 30.7 Å². The number of para-hydroxylation sites is 1. The molecule has 5 rings (SSSR count). The van der Waals surface area contributed by atoms with E-state index in [4.69, 9.17) is 9.47 Å². The standard InChI is InChI=1S/C20H16N6O2/c1-3-13-4-2-8-21-19(13)15(5-1)24-18-12-22-26-20(25-18)23-14-6-7-16-17(11-14)28-10-9-27-16/h1-8,11-12H,9-10H2,(H2,23,24,25,26). The van der Waals surface area contributed by atoms with Crippen LogP contribution < -0.4 is 20.1 Å². The smallest absolute Gasteiger partial charge is 0.249 e. The zero-order valence-corrected chi connectivity index (χ0v) is 14.8. The minimum atomic E-state index is 0.370. The molecule has 1 aliphatic rings. The summed E-state index contributed by atoms with van der Waals surface area (Å²) in [5.41, 5.74) is 2.50. The molecule has 0 bridgehead atoms. The zero-order chi connectivity index (χ0) is 18.8. The molecule has 1 aliphatic heterocycles. The van der Waals surface area contributed by atoms with Gasteiger partial charge in [0.1, 0.15) is 13.2 Å². The van der Waals surface area contributed by atoms with E-state index in [1.165, 1.54) is 0 Å². The number of rotatable bonds is 4. The first-order valence-electron chi connectivity index (χ1n) is 8.82. The number of nitrogens with zero attached hydrogens (tertiary/aromatic N) is 4. The Balaban J connectivity index is 1.39. The number of aromatic nitrogens is 4. The maximum absolute atomic E-state index is 5.60. The molecule has 0 amide bonds. The van der Waals surface area contributed by atoms with Crippen LogP contribution in [0, 0.1) is 0 Å². The van der Waals surface area contributed by atoms with Gasteiger partial charge in [-0.05, 0) is 24.3 Å². The molecular formula is C20H16N6O2. The summed E-state index contributed by atoms with van der Waals surface area (Å²) >= 11 is 0. The van der Waals surface area contributed by atoms with Gasteiger partial charge in [-0.2, -0.15) is 10.1 Å². The molecule has 0 atom stereocenters. The summed E-state index contributed by atoms with van der Waals surface area (Å²) in [7, 11) is 0. The van der Waals surface area contributed by atoms with Crippen LogP contribution in [0.4, 0.5) is 23.1 Å². The van der Waals surface area contributed by atoms with Crippen LogP contribution in [-0.4, -0.2) is 33.4 Å². The Morgan fingerprint density at radius 2 is 1.79 bits per heavy atom. The van der Waals surface area contributed by atoms with Crippen LogP contribution in [0.2, 0.25) is 0 Å². The van der Waals surface area contributed by atoms with Gasteiger partial charge in [0.2, 0.25) is 5.95 Å². The summed E-state index contributed by atoms with van der Waals surface area (Å²) in [6, 6.07) is 15.4. The van der Waals surface area contributed by atoms with Crippen molar-refractivity contribution in [1.82, 2.24) is 20.2 Å². The van der Waals surface area contributed by atoms with Gasteiger partial charge >= 0.3 is 0 Å². The van der Waals surface area contributed by atoms with Crippen LogP contribution in [0.15, 0.2) is 60.9 Å². The summed E-state index contributed by atoms with van der Waals surface area (Å²) in [5.74, 6) is 2.36. The molecule has 0 radical (unpaired) electrons. The maximum Gasteiger partial charge on any atom is 0.249 e. The first kappa shape index (κ1) is 16.2. The van der Waals surface area contributed by atoms with Crippen molar-refractivity contribution in [2.75, 3.05) is 23.8 Å². The molecule has 2 N–H and O–H groups in total. The highest BCUT2D eigenvalue weighted by Gasteiger charge is 2.12. The van der Waals surface area contributed by atoms with Crippen molar-refractivity contribution in [1.29, 1.82) is 0 Å². The van der Waals surface area contributed by atoms with Crippen molar-refractivity contribution < 1.29 is 9.47 Å². The van der Waals surface area contributed by atoms with Crippen molar-refractivity contribution in [2.45, 2.75) is 0 Å². The van der Waals surface area contributed by atoms with Crippen LogP contribution in [0.5, 0.6) is 11.5 Å². The van der Waals surface area contributed by atoms with Crippen molar-refractivity contribution >= 4 is 34.0 Å². The summed E-state index contributed by atoms with van der Waals surface area (Å²) in [4.78, 5) is 8.93. The monoisotopic (exact) mass is 372 g/mol. The molecule has 0 fully saturated rings. The number of fused-ring (bicyclic) bond motifs is 2. The van der Waals surface area contributed by atoms with Gasteiger partial charge < -0.3 is 20.1 Å². The Bertz CT molecular complexity index is 1150. The summed E-state index contributed by atoms with van der Waals surface area (Å²) in [5, 5.41) is 15.5. The van der Waals surface area contributed by atoms with Gasteiger partial charge in [-0.15, -0.1) is 5.10 Å². The quantitative estimate of drug-likeness (QED) is 0.560. The molecule has 2 aromatic heterocycles. The second-order valence-corrected chi connectivity index (χ2v) is 6.15. The Labute approximate surface area is 160 Å². The van der Waals surface area contributed by atoms with Crippen molar-refractivity contribution in [3.8, 4) is 11.5 Å². The lowest BCUT2D eigenvalue weighted by Crippen LogP contribution is -2.15. The van der Waals surface area contributed by atoms with Crippen LogP contribution >= 0.6 is 0 Å². The molecule has 0 aliphatic carbocycles. The highest BCUT2D eigenvalue weighted by atomic mass is 16.6. The van der Waals surface area contributed by atoms with E-state index in [1.54, 1.807) is 12.4 Å². The lowest BCUT2D eigenvalue weighted by Gasteiger charge is -2.19. The Morgan fingerprint density at radius 1 is 0.893 bits per heavy atom. The molecule has 0 unspecified atom stereocenters. The summed E-state index contributed by atoms with van der Waals surface area (Å²) in [6.07, 6.45) is 3.33. The average molecular weight is 372 g/mol. The predicted octanol–water partition coefficient (Wildman–Crippen LogP) is 3.68. The van der Waals surface area contributed by atoms with Crippen LogP contribution in [0.1, 0.15) is 0 Å². The normalized spacial score (nSPS) is 12.6. The third-order valence-corrected chi connectivity index (χ3v) is 4.25. The molecule has 0 saturated carbocycles. The van der Waals surface area contributed by atoms with Gasteiger partial charge in [0.15, 0.2) is 17.3 Å². The molecule has 3 heterocycles. The first-order valence-corrected chi connectivity index (χ1v) is 8.82. The molecule has 0 spiro atoms. The third kappa shape index (κ3) is 3.23. The van der Waals surface area contributed by atoms with Gasteiger partial charge in [0.25, 0.3) is 0 Å². The van der Waals surface area contributed by atoms with Crippen molar-refractivity contribution in [2.24, 2.45) is 0 Å². The zero-order valence-electron chi connectivity index (χ0n) is 14.8. The summed E-state index contributed by atoms with van der Waals surface area (Å²) < 4.78 is 11.1. The van der Waals surface area contributed by atoms with Crippen molar-refractivity contribution in [3.63, 3.8) is 0 Å². The minimum absolute atomic E-state index is 0.370. The minimum Gasteiger partial charge on any atom is -0.486 e. The maximum atomic E-state index is 5.60. The number of pyridine rings is 1. The van der Waals surface area contributed by atoms with Gasteiger partial charge in [0, 0.05) is 23.3 Å². The van der Waals surface area contributed by atoms with Crippen molar-refractivity contribution in [3.05, 3.63) is 60.9 Å². The highest BCUT2D eigenvalue weighted by Crippen LogP contribution is 2.33. The van der Waals surface area contributed by atoms with Crippen LogP contribution in [-0.2, 0) is 0 Å². The second-order valence-electron chi connectivity index (χ2n) is 6.15. The molecule has 8 heteroatoms. The van der Waals surface area contributed by atoms with E-state index in [1.807, 2.05) is 48.5 Å². The topological polar surface area (TPSA) is 94.1 Å². The number of anilines is 4. The first-order chi connectivity index (χ1) is 13.8. The number of benzene rings is 2. The van der Waals surface area contributed by atoms with Gasteiger partial charge in [-0.3, -0.25) is 4.98 Å².